The van der Waals surface area contributed by atoms with E-state index in [1.54, 1.807) is 12.1 Å². The molecule has 0 aliphatic carbocycles. The molecule has 1 aromatic rings. The van der Waals surface area contributed by atoms with E-state index in [4.69, 9.17) is 0 Å². The zero-order valence-electron chi connectivity index (χ0n) is 13.0. The Morgan fingerprint density at radius 1 is 1.30 bits per heavy atom. The summed E-state index contributed by atoms with van der Waals surface area (Å²) in [6.07, 6.45) is 0.796. The van der Waals surface area contributed by atoms with Crippen molar-refractivity contribution in [3.8, 4) is 5.75 Å². The maximum absolute atomic E-state index is 12.1. The molecule has 1 aromatic carbocycles. The van der Waals surface area contributed by atoms with Gasteiger partial charge in [0.15, 0.2) is 0 Å². The van der Waals surface area contributed by atoms with Crippen molar-refractivity contribution < 1.29 is 9.90 Å². The molecule has 2 atom stereocenters. The Morgan fingerprint density at radius 2 is 1.90 bits per heavy atom. The van der Waals surface area contributed by atoms with Crippen LogP contribution in [0.4, 0.5) is 0 Å². The largest absolute Gasteiger partial charge is 0.508 e. The van der Waals surface area contributed by atoms with Gasteiger partial charge in [0.1, 0.15) is 5.75 Å². The number of hydrogen-bond acceptors (Lipinski definition) is 3. The van der Waals surface area contributed by atoms with Gasteiger partial charge in [0.25, 0.3) is 0 Å². The van der Waals surface area contributed by atoms with Gasteiger partial charge in [-0.25, -0.2) is 0 Å². The van der Waals surface area contributed by atoms with E-state index in [2.05, 4.69) is 10.6 Å². The first-order chi connectivity index (χ1) is 9.24. The molecule has 0 bridgehead atoms. The number of para-hydroxylation sites is 1. The minimum atomic E-state index is -0.321. The third-order valence-electron chi connectivity index (χ3n) is 3.06. The van der Waals surface area contributed by atoms with E-state index in [0.717, 1.165) is 12.0 Å². The Labute approximate surface area is 121 Å². The van der Waals surface area contributed by atoms with Crippen molar-refractivity contribution >= 4 is 5.91 Å². The maximum Gasteiger partial charge on any atom is 0.237 e. The third kappa shape index (κ3) is 4.85. The van der Waals surface area contributed by atoms with Crippen LogP contribution in [0.3, 0.4) is 0 Å². The number of rotatable bonds is 5. The van der Waals surface area contributed by atoms with E-state index in [1.165, 1.54) is 0 Å². The van der Waals surface area contributed by atoms with Crippen LogP contribution >= 0.6 is 0 Å². The molecule has 0 fully saturated rings. The molecule has 0 aromatic heterocycles. The number of benzene rings is 1. The standard InChI is InChI=1S/C16H26N2O2/c1-6-13(12-9-7-8-10-14(12)19)17-11(2)15(20)18-16(3,4)5/h7-11,13,17,19H,6H2,1-5H3,(H,18,20). The molecule has 0 saturated heterocycles. The van der Waals surface area contributed by atoms with Gasteiger partial charge >= 0.3 is 0 Å². The van der Waals surface area contributed by atoms with Crippen LogP contribution in [-0.2, 0) is 4.79 Å². The lowest BCUT2D eigenvalue weighted by molar-refractivity contribution is -0.124. The van der Waals surface area contributed by atoms with Crippen molar-refractivity contribution in [2.24, 2.45) is 0 Å². The van der Waals surface area contributed by atoms with Gasteiger partial charge in [-0.15, -0.1) is 0 Å². The highest BCUT2D eigenvalue weighted by molar-refractivity contribution is 5.82. The molecular weight excluding hydrogens is 252 g/mol. The molecule has 0 heterocycles. The number of phenols is 1. The fourth-order valence-electron chi connectivity index (χ4n) is 2.07. The normalized spacial score (nSPS) is 14.7. The number of nitrogens with one attached hydrogen (secondary N) is 2. The van der Waals surface area contributed by atoms with Crippen molar-refractivity contribution in [2.75, 3.05) is 0 Å². The SMILES string of the molecule is CCC(NC(C)C(=O)NC(C)(C)C)c1ccccc1O. The summed E-state index contributed by atoms with van der Waals surface area (Å²) in [7, 11) is 0. The monoisotopic (exact) mass is 278 g/mol. The van der Waals surface area contributed by atoms with Gasteiger partial charge in [0.2, 0.25) is 5.91 Å². The summed E-state index contributed by atoms with van der Waals surface area (Å²) in [4.78, 5) is 12.1. The van der Waals surface area contributed by atoms with Gasteiger partial charge in [-0.05, 0) is 40.2 Å². The van der Waals surface area contributed by atoms with Crippen molar-refractivity contribution in [1.29, 1.82) is 0 Å². The molecule has 4 heteroatoms. The second-order valence-corrected chi connectivity index (χ2v) is 6.15. The lowest BCUT2D eigenvalue weighted by Crippen LogP contribution is -2.50. The molecule has 20 heavy (non-hydrogen) atoms. The molecule has 3 N–H and O–H groups in total. The van der Waals surface area contributed by atoms with Gasteiger partial charge < -0.3 is 10.4 Å². The van der Waals surface area contributed by atoms with Gasteiger partial charge in [-0.2, -0.15) is 0 Å². The van der Waals surface area contributed by atoms with Crippen LogP contribution in [0.5, 0.6) is 5.75 Å². The van der Waals surface area contributed by atoms with Gasteiger partial charge in [0.05, 0.1) is 6.04 Å². The first kappa shape index (κ1) is 16.5. The molecule has 4 nitrogen and oxygen atoms in total. The summed E-state index contributed by atoms with van der Waals surface area (Å²) in [6.45, 7) is 9.73. The van der Waals surface area contributed by atoms with E-state index in [1.807, 2.05) is 46.8 Å². The number of carbonyl (C=O) groups is 1. The van der Waals surface area contributed by atoms with E-state index in [9.17, 15) is 9.90 Å². The summed E-state index contributed by atoms with van der Waals surface area (Å²) in [5.41, 5.74) is 0.578. The average Bonchev–Trinajstić information content (AvgIpc) is 2.34. The van der Waals surface area contributed by atoms with E-state index < -0.39 is 0 Å². The van der Waals surface area contributed by atoms with Gasteiger partial charge in [-0.1, -0.05) is 25.1 Å². The quantitative estimate of drug-likeness (QED) is 0.776. The molecule has 1 rings (SSSR count). The Morgan fingerprint density at radius 3 is 2.40 bits per heavy atom. The highest BCUT2D eigenvalue weighted by atomic mass is 16.3. The van der Waals surface area contributed by atoms with Crippen LogP contribution in [0.15, 0.2) is 24.3 Å². The minimum Gasteiger partial charge on any atom is -0.508 e. The van der Waals surface area contributed by atoms with Crippen LogP contribution in [0.25, 0.3) is 0 Å². The lowest BCUT2D eigenvalue weighted by atomic mass is 10.0. The Balaban J connectivity index is 2.74. The van der Waals surface area contributed by atoms with E-state index in [-0.39, 0.29) is 29.3 Å². The minimum absolute atomic E-state index is 0.0358. The fraction of sp³-hybridized carbons (Fsp3) is 0.562. The Kier molecular flexibility index (Phi) is 5.57. The smallest absolute Gasteiger partial charge is 0.237 e. The first-order valence-electron chi connectivity index (χ1n) is 7.10. The summed E-state index contributed by atoms with van der Waals surface area (Å²) in [5.74, 6) is 0.224. The molecule has 0 aliphatic heterocycles. The van der Waals surface area contributed by atoms with Gasteiger partial charge in [0, 0.05) is 17.1 Å². The highest BCUT2D eigenvalue weighted by Crippen LogP contribution is 2.26. The average molecular weight is 278 g/mol. The molecule has 0 saturated carbocycles. The van der Waals surface area contributed by atoms with Crippen LogP contribution in [0.1, 0.15) is 52.6 Å². The number of carbonyl (C=O) groups excluding carboxylic acids is 1. The van der Waals surface area contributed by atoms with E-state index in [0.29, 0.717) is 0 Å². The van der Waals surface area contributed by atoms with Crippen molar-refractivity contribution in [1.82, 2.24) is 10.6 Å². The van der Waals surface area contributed by atoms with Crippen LogP contribution in [-0.4, -0.2) is 22.6 Å². The predicted molar refractivity (Wildman–Crippen MR) is 81.6 cm³/mol. The molecular formula is C16H26N2O2. The first-order valence-corrected chi connectivity index (χ1v) is 7.10. The summed E-state index contributed by atoms with van der Waals surface area (Å²) in [5, 5.41) is 16.1. The third-order valence-corrected chi connectivity index (χ3v) is 3.06. The number of amides is 1. The summed E-state index contributed by atoms with van der Waals surface area (Å²) < 4.78 is 0. The topological polar surface area (TPSA) is 61.4 Å². The highest BCUT2D eigenvalue weighted by Gasteiger charge is 2.22. The molecule has 0 spiro atoms. The van der Waals surface area contributed by atoms with Crippen molar-refractivity contribution in [3.05, 3.63) is 29.8 Å². The molecule has 1 amide bonds. The lowest BCUT2D eigenvalue weighted by Gasteiger charge is -2.27. The maximum atomic E-state index is 12.1. The number of hydrogen-bond donors (Lipinski definition) is 3. The van der Waals surface area contributed by atoms with Crippen LogP contribution in [0, 0.1) is 0 Å². The Hall–Kier alpha value is -1.55. The van der Waals surface area contributed by atoms with E-state index >= 15 is 0 Å². The van der Waals surface area contributed by atoms with Crippen molar-refractivity contribution in [3.63, 3.8) is 0 Å². The number of phenolic OH excluding ortho intramolecular Hbond substituents is 1. The molecule has 0 radical (unpaired) electrons. The molecule has 0 aliphatic rings. The number of aromatic hydroxyl groups is 1. The Bertz CT molecular complexity index is 452. The van der Waals surface area contributed by atoms with Crippen LogP contribution < -0.4 is 10.6 Å². The summed E-state index contributed by atoms with van der Waals surface area (Å²) >= 11 is 0. The van der Waals surface area contributed by atoms with Gasteiger partial charge in [-0.3, -0.25) is 10.1 Å². The zero-order valence-corrected chi connectivity index (χ0v) is 13.0. The zero-order chi connectivity index (χ0) is 15.3. The molecule has 2 unspecified atom stereocenters. The predicted octanol–water partition coefficient (Wildman–Crippen LogP) is 2.74. The van der Waals surface area contributed by atoms with Crippen LogP contribution in [0.2, 0.25) is 0 Å². The second kappa shape index (κ2) is 6.75. The fourth-order valence-corrected chi connectivity index (χ4v) is 2.07. The summed E-state index contributed by atoms with van der Waals surface area (Å²) in [6, 6.07) is 6.86. The van der Waals surface area contributed by atoms with Crippen molar-refractivity contribution in [2.45, 2.75) is 58.7 Å². The molecule has 112 valence electrons. The second-order valence-electron chi connectivity index (χ2n) is 6.15.